The zero-order valence-corrected chi connectivity index (χ0v) is 14.3. The van der Waals surface area contributed by atoms with E-state index in [9.17, 15) is 15.0 Å². The van der Waals surface area contributed by atoms with Crippen molar-refractivity contribution in [2.75, 3.05) is 19.7 Å². The first-order valence-electron chi connectivity index (χ1n) is 8.82. The lowest BCUT2D eigenvalue weighted by Gasteiger charge is -2.54. The molecule has 2 heterocycles. The minimum Gasteiger partial charge on any atom is -0.508 e. The standard InChI is InChI=1S/C19H25NO4/c1-12-16-17(22)14-5-4-13(21)10-15(14)18(12,2)7-8-20(16)11-19(23)6-3-9-24-19/h4-5,10,12,16,21,23H,3,6-9,11H2,1-2H3/t12-,16-,18-,19-/m0/s1. The van der Waals surface area contributed by atoms with Gasteiger partial charge in [-0.05, 0) is 54.5 Å². The minimum absolute atomic E-state index is 0.0938. The molecule has 2 aliphatic heterocycles. The summed E-state index contributed by atoms with van der Waals surface area (Å²) in [5.74, 6) is -0.693. The highest BCUT2D eigenvalue weighted by Gasteiger charge is 2.53. The molecule has 2 N–H and O–H groups in total. The fourth-order valence-electron chi connectivity index (χ4n) is 4.86. The Morgan fingerprint density at radius 1 is 1.38 bits per heavy atom. The second-order valence-electron chi connectivity index (χ2n) is 7.86. The van der Waals surface area contributed by atoms with Gasteiger partial charge < -0.3 is 14.9 Å². The molecule has 1 aliphatic carbocycles. The van der Waals surface area contributed by atoms with Crippen LogP contribution < -0.4 is 0 Å². The third-order valence-electron chi connectivity index (χ3n) is 6.48. The lowest BCUT2D eigenvalue weighted by atomic mass is 9.58. The van der Waals surface area contributed by atoms with Gasteiger partial charge in [-0.3, -0.25) is 9.69 Å². The number of carbonyl (C=O) groups excluding carboxylic acids is 1. The van der Waals surface area contributed by atoms with Crippen molar-refractivity contribution in [1.29, 1.82) is 0 Å². The Morgan fingerprint density at radius 2 is 2.17 bits per heavy atom. The van der Waals surface area contributed by atoms with Crippen molar-refractivity contribution in [3.8, 4) is 5.75 Å². The van der Waals surface area contributed by atoms with Gasteiger partial charge >= 0.3 is 0 Å². The number of β-amino-alcohol motifs (C(OH)–C–C–N with tert-alkyl or cyclic N) is 1. The zero-order chi connectivity index (χ0) is 17.1. The van der Waals surface area contributed by atoms with Gasteiger partial charge in [0.25, 0.3) is 0 Å². The van der Waals surface area contributed by atoms with Crippen LogP contribution in [-0.2, 0) is 10.2 Å². The Balaban J connectivity index is 1.72. The van der Waals surface area contributed by atoms with E-state index in [0.29, 0.717) is 25.1 Å². The predicted molar refractivity (Wildman–Crippen MR) is 89.1 cm³/mol. The van der Waals surface area contributed by atoms with Crippen LogP contribution in [0.3, 0.4) is 0 Å². The van der Waals surface area contributed by atoms with Gasteiger partial charge in [0.05, 0.1) is 19.2 Å². The Morgan fingerprint density at radius 3 is 2.88 bits per heavy atom. The summed E-state index contributed by atoms with van der Waals surface area (Å²) in [6.07, 6.45) is 2.38. The van der Waals surface area contributed by atoms with E-state index in [0.717, 1.165) is 24.9 Å². The summed E-state index contributed by atoms with van der Waals surface area (Å²) in [6.45, 7) is 6.02. The fourth-order valence-corrected chi connectivity index (χ4v) is 4.86. The highest BCUT2D eigenvalue weighted by atomic mass is 16.6. The number of phenolic OH excluding ortho intramolecular Hbond substituents is 1. The van der Waals surface area contributed by atoms with Crippen LogP contribution in [0, 0.1) is 5.92 Å². The highest BCUT2D eigenvalue weighted by Crippen LogP contribution is 2.49. The third-order valence-corrected chi connectivity index (χ3v) is 6.48. The van der Waals surface area contributed by atoms with E-state index < -0.39 is 5.79 Å². The third kappa shape index (κ3) is 2.22. The van der Waals surface area contributed by atoms with Gasteiger partial charge in [0.1, 0.15) is 5.75 Å². The van der Waals surface area contributed by atoms with E-state index >= 15 is 0 Å². The van der Waals surface area contributed by atoms with Crippen LogP contribution in [0.25, 0.3) is 0 Å². The molecular weight excluding hydrogens is 306 g/mol. The summed E-state index contributed by atoms with van der Waals surface area (Å²) in [5.41, 5.74) is 1.54. The number of benzene rings is 1. The van der Waals surface area contributed by atoms with Crippen molar-refractivity contribution in [1.82, 2.24) is 4.90 Å². The first-order valence-corrected chi connectivity index (χ1v) is 8.82. The highest BCUT2D eigenvalue weighted by molar-refractivity contribution is 6.03. The maximum absolute atomic E-state index is 13.1. The molecule has 3 aliphatic rings. The maximum atomic E-state index is 13.1. The molecule has 0 amide bonds. The number of likely N-dealkylation sites (tertiary alicyclic amines) is 1. The van der Waals surface area contributed by atoms with Crippen molar-refractivity contribution in [3.63, 3.8) is 0 Å². The van der Waals surface area contributed by atoms with Gasteiger partial charge in [0, 0.05) is 12.0 Å². The first kappa shape index (κ1) is 16.1. The van der Waals surface area contributed by atoms with Gasteiger partial charge in [0.2, 0.25) is 0 Å². The summed E-state index contributed by atoms with van der Waals surface area (Å²) in [5, 5.41) is 20.5. The SMILES string of the molecule is C[C@H]1[C@H]2C(=O)c3ccc(O)cc3[C@@]1(C)CCN2C[C@]1(O)CCCO1. The summed E-state index contributed by atoms with van der Waals surface area (Å²) in [7, 11) is 0. The Labute approximate surface area is 142 Å². The predicted octanol–water partition coefficient (Wildman–Crippen LogP) is 2.06. The van der Waals surface area contributed by atoms with Crippen LogP contribution in [0.5, 0.6) is 5.75 Å². The molecule has 0 saturated carbocycles. The molecule has 1 aromatic carbocycles. The number of ketones is 1. The van der Waals surface area contributed by atoms with Gasteiger partial charge in [-0.15, -0.1) is 0 Å². The normalized spacial score (nSPS) is 39.0. The summed E-state index contributed by atoms with van der Waals surface area (Å²) >= 11 is 0. The van der Waals surface area contributed by atoms with E-state index in [2.05, 4.69) is 18.7 Å². The van der Waals surface area contributed by atoms with E-state index in [1.54, 1.807) is 18.2 Å². The average Bonchev–Trinajstić information content (AvgIpc) is 2.96. The van der Waals surface area contributed by atoms with Crippen LogP contribution in [0.1, 0.15) is 49.0 Å². The molecule has 24 heavy (non-hydrogen) atoms. The fraction of sp³-hybridized carbons (Fsp3) is 0.632. The summed E-state index contributed by atoms with van der Waals surface area (Å²) in [4.78, 5) is 15.2. The van der Waals surface area contributed by atoms with Gasteiger partial charge in [-0.25, -0.2) is 0 Å². The smallest absolute Gasteiger partial charge is 0.180 e. The largest absolute Gasteiger partial charge is 0.508 e. The monoisotopic (exact) mass is 331 g/mol. The number of piperidine rings is 1. The maximum Gasteiger partial charge on any atom is 0.180 e. The molecule has 0 aromatic heterocycles. The van der Waals surface area contributed by atoms with E-state index in [-0.39, 0.29) is 28.9 Å². The number of aliphatic hydroxyl groups is 1. The quantitative estimate of drug-likeness (QED) is 0.868. The second-order valence-corrected chi connectivity index (χ2v) is 7.86. The van der Waals surface area contributed by atoms with E-state index in [4.69, 9.17) is 4.74 Å². The molecule has 1 aromatic rings. The Kier molecular flexibility index (Phi) is 3.53. The number of hydrogen-bond donors (Lipinski definition) is 2. The van der Waals surface area contributed by atoms with Gasteiger partial charge in [0.15, 0.2) is 11.6 Å². The van der Waals surface area contributed by atoms with Gasteiger partial charge in [-0.1, -0.05) is 13.8 Å². The number of fused-ring (bicyclic) bond motifs is 4. The van der Waals surface area contributed by atoms with Crippen molar-refractivity contribution >= 4 is 5.78 Å². The van der Waals surface area contributed by atoms with Crippen molar-refractivity contribution in [2.24, 2.45) is 5.92 Å². The van der Waals surface area contributed by atoms with E-state index in [1.807, 2.05) is 0 Å². The topological polar surface area (TPSA) is 70.0 Å². The molecule has 5 nitrogen and oxygen atoms in total. The summed E-state index contributed by atoms with van der Waals surface area (Å²) < 4.78 is 5.53. The Bertz CT molecular complexity index is 682. The molecule has 5 heteroatoms. The number of ether oxygens (including phenoxy) is 1. The average molecular weight is 331 g/mol. The molecule has 2 fully saturated rings. The number of nitrogens with zero attached hydrogens (tertiary/aromatic N) is 1. The first-order chi connectivity index (χ1) is 11.3. The summed E-state index contributed by atoms with van der Waals surface area (Å²) in [6, 6.07) is 4.84. The van der Waals surface area contributed by atoms with Crippen molar-refractivity contribution < 1.29 is 19.7 Å². The number of hydrogen-bond acceptors (Lipinski definition) is 5. The minimum atomic E-state index is -1.12. The van der Waals surface area contributed by atoms with Crippen molar-refractivity contribution in [2.45, 2.75) is 50.4 Å². The molecular formula is C19H25NO4. The number of phenols is 1. The van der Waals surface area contributed by atoms with Crippen LogP contribution in [-0.4, -0.2) is 52.4 Å². The molecule has 0 radical (unpaired) electrons. The van der Waals surface area contributed by atoms with Crippen LogP contribution in [0.4, 0.5) is 0 Å². The molecule has 0 unspecified atom stereocenters. The number of rotatable bonds is 2. The Hall–Kier alpha value is -1.43. The molecule has 130 valence electrons. The molecule has 2 bridgehead atoms. The number of aromatic hydroxyl groups is 1. The second kappa shape index (κ2) is 5.28. The molecule has 0 spiro atoms. The van der Waals surface area contributed by atoms with E-state index in [1.165, 1.54) is 0 Å². The lowest BCUT2D eigenvalue weighted by molar-refractivity contribution is -0.189. The van der Waals surface area contributed by atoms with Crippen LogP contribution in [0.2, 0.25) is 0 Å². The lowest BCUT2D eigenvalue weighted by Crippen LogP contribution is -2.63. The van der Waals surface area contributed by atoms with Crippen molar-refractivity contribution in [3.05, 3.63) is 29.3 Å². The van der Waals surface area contributed by atoms with Gasteiger partial charge in [-0.2, -0.15) is 0 Å². The number of carbonyl (C=O) groups is 1. The molecule has 4 rings (SSSR count). The molecule has 2 saturated heterocycles. The number of Topliss-reactive ketones (excluding diaryl/α,β-unsaturated/α-hetero) is 1. The van der Waals surface area contributed by atoms with Crippen LogP contribution in [0.15, 0.2) is 18.2 Å². The zero-order valence-electron chi connectivity index (χ0n) is 14.3. The molecule has 4 atom stereocenters. The van der Waals surface area contributed by atoms with Crippen LogP contribution >= 0.6 is 0 Å².